The van der Waals surface area contributed by atoms with E-state index in [1.807, 2.05) is 72.2 Å². The van der Waals surface area contributed by atoms with Gasteiger partial charge in [0, 0.05) is 47.7 Å². The van der Waals surface area contributed by atoms with Crippen molar-refractivity contribution in [1.29, 1.82) is 0 Å². The maximum Gasteiger partial charge on any atom is 0.320 e. The number of hydrogen-bond acceptors (Lipinski definition) is 10. The number of nitrogens with zero attached hydrogens (tertiary/aromatic N) is 6. The molecule has 0 spiro atoms. The van der Waals surface area contributed by atoms with Gasteiger partial charge in [-0.3, -0.25) is 19.4 Å². The Morgan fingerprint density at radius 3 is 1.28 bits per heavy atom. The number of aromatic nitrogens is 4. The average Bonchev–Trinajstić information content (AvgIpc) is 3.23. The zero-order valence-corrected chi connectivity index (χ0v) is 32.5. The second-order valence-corrected chi connectivity index (χ2v) is 14.6. The van der Waals surface area contributed by atoms with Crippen LogP contribution in [0.15, 0.2) is 121 Å². The van der Waals surface area contributed by atoms with Crippen molar-refractivity contribution < 1.29 is 19.1 Å². The van der Waals surface area contributed by atoms with Gasteiger partial charge in [0.05, 0.1) is 71.1 Å². The van der Waals surface area contributed by atoms with Crippen LogP contribution in [0.2, 0.25) is 0 Å². The molecule has 288 valence electrons. The second kappa shape index (κ2) is 16.1. The normalized spacial score (nSPS) is 13.7. The summed E-state index contributed by atoms with van der Waals surface area (Å²) in [6.45, 7) is 5.75. The Kier molecular flexibility index (Phi) is 10.3. The van der Waals surface area contributed by atoms with Crippen molar-refractivity contribution in [2.24, 2.45) is 0 Å². The van der Waals surface area contributed by atoms with Crippen LogP contribution in [0.3, 0.4) is 0 Å². The lowest BCUT2D eigenvalue weighted by molar-refractivity contribution is -0.145. The lowest BCUT2D eigenvalue weighted by Gasteiger charge is -2.23. The van der Waals surface area contributed by atoms with Crippen LogP contribution < -0.4 is 0 Å². The summed E-state index contributed by atoms with van der Waals surface area (Å²) in [7, 11) is 0. The molecule has 10 nitrogen and oxygen atoms in total. The van der Waals surface area contributed by atoms with E-state index in [-0.39, 0.29) is 38.2 Å². The van der Waals surface area contributed by atoms with Crippen LogP contribution in [0.4, 0.5) is 0 Å². The molecule has 0 atom stereocenters. The van der Waals surface area contributed by atoms with Crippen LogP contribution in [0.1, 0.15) is 36.6 Å². The molecular weight excluding hydrogens is 725 g/mol. The van der Waals surface area contributed by atoms with Gasteiger partial charge < -0.3 is 9.47 Å². The fourth-order valence-electron chi connectivity index (χ4n) is 8.01. The molecule has 9 rings (SSSR count). The summed E-state index contributed by atoms with van der Waals surface area (Å²) in [5.41, 5.74) is 10.3. The van der Waals surface area contributed by atoms with Crippen LogP contribution in [0.25, 0.3) is 65.9 Å². The molecule has 1 aliphatic rings. The van der Waals surface area contributed by atoms with E-state index in [9.17, 15) is 9.59 Å². The van der Waals surface area contributed by atoms with Crippen LogP contribution >= 0.6 is 0 Å². The zero-order valence-electron chi connectivity index (χ0n) is 32.5. The van der Waals surface area contributed by atoms with Gasteiger partial charge in [0.2, 0.25) is 0 Å². The summed E-state index contributed by atoms with van der Waals surface area (Å²) in [4.78, 5) is 51.5. The number of rotatable bonds is 8. The molecule has 0 radical (unpaired) electrons. The summed E-state index contributed by atoms with van der Waals surface area (Å²) in [5, 5.41) is 3.83. The van der Waals surface area contributed by atoms with Gasteiger partial charge in [-0.25, -0.2) is 19.9 Å². The summed E-state index contributed by atoms with van der Waals surface area (Å²) in [6.07, 6.45) is 0. The Morgan fingerprint density at radius 1 is 0.483 bits per heavy atom. The van der Waals surface area contributed by atoms with Gasteiger partial charge in [-0.2, -0.15) is 0 Å². The fraction of sp³-hybridized carbons (Fsp3) is 0.208. The van der Waals surface area contributed by atoms with Gasteiger partial charge in [0.25, 0.3) is 0 Å². The van der Waals surface area contributed by atoms with Crippen molar-refractivity contribution in [3.63, 3.8) is 0 Å². The van der Waals surface area contributed by atoms with Crippen molar-refractivity contribution in [2.75, 3.05) is 26.3 Å². The van der Waals surface area contributed by atoms with Gasteiger partial charge >= 0.3 is 11.9 Å². The van der Waals surface area contributed by atoms with E-state index in [0.717, 1.165) is 88.6 Å². The molecule has 8 aromatic rings. The third kappa shape index (κ3) is 7.59. The topological polar surface area (TPSA) is 111 Å². The molecule has 0 fully saturated rings. The Morgan fingerprint density at radius 2 is 0.862 bits per heavy atom. The first-order chi connectivity index (χ1) is 28.4. The van der Waals surface area contributed by atoms with Crippen molar-refractivity contribution in [2.45, 2.75) is 40.0 Å². The van der Waals surface area contributed by atoms with E-state index in [4.69, 9.17) is 29.4 Å². The number of esters is 2. The second-order valence-electron chi connectivity index (χ2n) is 14.6. The molecule has 0 saturated carbocycles. The molecule has 1 aliphatic heterocycles. The number of carbonyl (C=O) groups excluding carboxylic acids is 2. The highest BCUT2D eigenvalue weighted by atomic mass is 16.5. The summed E-state index contributed by atoms with van der Waals surface area (Å²) < 4.78 is 10.9. The van der Waals surface area contributed by atoms with Crippen molar-refractivity contribution in [3.05, 3.63) is 144 Å². The van der Waals surface area contributed by atoms with Gasteiger partial charge in [0.1, 0.15) is 0 Å². The monoisotopic (exact) mass is 766 g/mol. The molecule has 0 N–H and O–H groups in total. The van der Waals surface area contributed by atoms with Crippen molar-refractivity contribution >= 4 is 55.6 Å². The highest BCUT2D eigenvalue weighted by Gasteiger charge is 2.22. The first-order valence-electron chi connectivity index (χ1n) is 19.7. The Hall–Kier alpha value is -6.62. The molecule has 8 bridgehead atoms. The third-order valence-corrected chi connectivity index (χ3v) is 10.5. The fourth-order valence-corrected chi connectivity index (χ4v) is 8.01. The molecule has 10 heteroatoms. The standard InChI is InChI=1S/C48H42N6O4/c1-3-57-43(55)29-53-25-35-19-17-33-15-16-34-18-20-36(50-46(34)45(33)49-35)26-54(30-44(56)58-4-2)28-38-24-42(32-13-9-6-10-14-32)40-22-21-39-41(31-11-7-5-8-12-31)23-37(27-53)51-47(39)48(40)52-38/h5-24H,3-4,25-30H2,1-2H3. The molecule has 0 aliphatic carbocycles. The Labute approximate surface area is 336 Å². The molecule has 0 saturated heterocycles. The molecule has 5 heterocycles. The number of ether oxygens (including phenoxy) is 2. The third-order valence-electron chi connectivity index (χ3n) is 10.5. The minimum absolute atomic E-state index is 0.0538. The van der Waals surface area contributed by atoms with E-state index in [2.05, 4.69) is 72.8 Å². The summed E-state index contributed by atoms with van der Waals surface area (Å²) in [5.74, 6) is -0.634. The number of pyridine rings is 4. The number of fused-ring (bicyclic) bond motifs is 4. The Balaban J connectivity index is 1.31. The molecule has 58 heavy (non-hydrogen) atoms. The first kappa shape index (κ1) is 37.0. The van der Waals surface area contributed by atoms with Gasteiger partial charge in [-0.15, -0.1) is 0 Å². The van der Waals surface area contributed by atoms with E-state index in [1.165, 1.54) is 0 Å². The van der Waals surface area contributed by atoms with Crippen LogP contribution in [0, 0.1) is 0 Å². The van der Waals surface area contributed by atoms with Crippen LogP contribution in [-0.2, 0) is 45.2 Å². The zero-order chi connectivity index (χ0) is 39.6. The number of hydrogen-bond donors (Lipinski definition) is 0. The Bertz CT molecular complexity index is 2640. The maximum absolute atomic E-state index is 13.2. The minimum Gasteiger partial charge on any atom is -0.465 e. The molecule has 0 amide bonds. The van der Waals surface area contributed by atoms with Crippen LogP contribution in [0.5, 0.6) is 0 Å². The molecule has 4 aromatic heterocycles. The highest BCUT2D eigenvalue weighted by molar-refractivity contribution is 6.12. The quantitative estimate of drug-likeness (QED) is 0.110. The number of benzene rings is 4. The van der Waals surface area contributed by atoms with E-state index in [0.29, 0.717) is 26.2 Å². The molecular formula is C48H42N6O4. The maximum atomic E-state index is 13.2. The molecule has 4 aromatic carbocycles. The lowest BCUT2D eigenvalue weighted by Crippen LogP contribution is -2.31. The van der Waals surface area contributed by atoms with Crippen molar-refractivity contribution in [1.82, 2.24) is 29.7 Å². The smallest absolute Gasteiger partial charge is 0.320 e. The summed E-state index contributed by atoms with van der Waals surface area (Å²) in [6, 6.07) is 41.3. The molecule has 0 unspecified atom stereocenters. The van der Waals surface area contributed by atoms with Crippen LogP contribution in [-0.4, -0.2) is 68.0 Å². The minimum atomic E-state index is -0.317. The van der Waals surface area contributed by atoms with Gasteiger partial charge in [-0.05, 0) is 60.4 Å². The van der Waals surface area contributed by atoms with E-state index in [1.54, 1.807) is 0 Å². The predicted molar refractivity (Wildman–Crippen MR) is 226 cm³/mol. The largest absolute Gasteiger partial charge is 0.465 e. The lowest BCUT2D eigenvalue weighted by atomic mass is 9.95. The average molecular weight is 767 g/mol. The predicted octanol–water partition coefficient (Wildman–Crippen LogP) is 8.66. The van der Waals surface area contributed by atoms with Gasteiger partial charge in [-0.1, -0.05) is 97.1 Å². The summed E-state index contributed by atoms with van der Waals surface area (Å²) >= 11 is 0. The highest BCUT2D eigenvalue weighted by Crippen LogP contribution is 2.37. The SMILES string of the molecule is CCOC(=O)CN1Cc2ccc3ccc4ccc(nc4c3n2)CN(CC(=O)OCC)Cc2cc(-c3ccccc3)c3ccc4c(-c5ccccc5)cc(nc4c3n2)C1. The number of carbonyl (C=O) groups is 2. The van der Waals surface area contributed by atoms with Gasteiger partial charge in [0.15, 0.2) is 0 Å². The first-order valence-corrected chi connectivity index (χ1v) is 19.7. The van der Waals surface area contributed by atoms with E-state index < -0.39 is 0 Å². The van der Waals surface area contributed by atoms with E-state index >= 15 is 0 Å². The van der Waals surface area contributed by atoms with Crippen molar-refractivity contribution in [3.8, 4) is 22.3 Å².